The van der Waals surface area contributed by atoms with Gasteiger partial charge in [0.1, 0.15) is 5.75 Å². The van der Waals surface area contributed by atoms with Crippen LogP contribution in [0.25, 0.3) is 6.08 Å². The SMILES string of the molecule is CCOC(=O)C=Cc1cccc(O)c1. The lowest BCUT2D eigenvalue weighted by molar-refractivity contribution is -0.137. The molecule has 0 heterocycles. The van der Waals surface area contributed by atoms with Crippen LogP contribution >= 0.6 is 0 Å². The van der Waals surface area contributed by atoms with E-state index in [9.17, 15) is 4.79 Å². The van der Waals surface area contributed by atoms with E-state index in [1.807, 2.05) is 0 Å². The molecule has 1 aromatic carbocycles. The smallest absolute Gasteiger partial charge is 0.330 e. The number of aromatic hydroxyl groups is 1. The van der Waals surface area contributed by atoms with Crippen molar-refractivity contribution in [2.75, 3.05) is 6.61 Å². The Labute approximate surface area is 82.6 Å². The molecular weight excluding hydrogens is 180 g/mol. The van der Waals surface area contributed by atoms with Gasteiger partial charge < -0.3 is 9.84 Å². The van der Waals surface area contributed by atoms with Gasteiger partial charge in [-0.25, -0.2) is 4.79 Å². The van der Waals surface area contributed by atoms with Crippen LogP contribution in [0.3, 0.4) is 0 Å². The summed E-state index contributed by atoms with van der Waals surface area (Å²) in [6, 6.07) is 6.63. The molecule has 14 heavy (non-hydrogen) atoms. The van der Waals surface area contributed by atoms with Crippen molar-refractivity contribution in [1.82, 2.24) is 0 Å². The molecule has 0 saturated heterocycles. The summed E-state index contributed by atoms with van der Waals surface area (Å²) < 4.78 is 4.71. The van der Waals surface area contributed by atoms with Crippen LogP contribution in [0.15, 0.2) is 30.3 Å². The quantitative estimate of drug-likeness (QED) is 0.588. The van der Waals surface area contributed by atoms with Crippen molar-refractivity contribution in [3.8, 4) is 5.75 Å². The van der Waals surface area contributed by atoms with Crippen LogP contribution in [0.2, 0.25) is 0 Å². The minimum absolute atomic E-state index is 0.177. The molecule has 0 bridgehead atoms. The van der Waals surface area contributed by atoms with E-state index in [0.29, 0.717) is 6.61 Å². The van der Waals surface area contributed by atoms with Crippen molar-refractivity contribution in [2.24, 2.45) is 0 Å². The van der Waals surface area contributed by atoms with Crippen LogP contribution in [0.5, 0.6) is 5.75 Å². The molecule has 0 unspecified atom stereocenters. The molecule has 74 valence electrons. The summed E-state index contributed by atoms with van der Waals surface area (Å²) in [7, 11) is 0. The molecule has 0 aliphatic rings. The molecule has 0 aliphatic heterocycles. The average Bonchev–Trinajstić information content (AvgIpc) is 2.15. The Morgan fingerprint density at radius 3 is 3.00 bits per heavy atom. The molecule has 1 rings (SSSR count). The zero-order valence-corrected chi connectivity index (χ0v) is 7.93. The van der Waals surface area contributed by atoms with E-state index < -0.39 is 0 Å². The Bertz CT molecular complexity index is 342. The maximum absolute atomic E-state index is 10.9. The molecule has 3 nitrogen and oxygen atoms in total. The normalized spacial score (nSPS) is 10.4. The fraction of sp³-hybridized carbons (Fsp3) is 0.182. The van der Waals surface area contributed by atoms with Gasteiger partial charge in [0.25, 0.3) is 0 Å². The molecular formula is C11H12O3. The van der Waals surface area contributed by atoms with Gasteiger partial charge in [-0.1, -0.05) is 12.1 Å². The van der Waals surface area contributed by atoms with E-state index in [1.165, 1.54) is 6.08 Å². The Morgan fingerprint density at radius 1 is 1.57 bits per heavy atom. The predicted octanol–water partition coefficient (Wildman–Crippen LogP) is 1.97. The van der Waals surface area contributed by atoms with Gasteiger partial charge in [-0.05, 0) is 30.7 Å². The van der Waals surface area contributed by atoms with Crippen molar-refractivity contribution < 1.29 is 14.6 Å². The molecule has 0 fully saturated rings. The summed E-state index contributed by atoms with van der Waals surface area (Å²) in [6.45, 7) is 2.11. The third-order valence-corrected chi connectivity index (χ3v) is 1.57. The minimum Gasteiger partial charge on any atom is -0.508 e. The minimum atomic E-state index is -0.379. The van der Waals surface area contributed by atoms with E-state index in [2.05, 4.69) is 0 Å². The summed E-state index contributed by atoms with van der Waals surface area (Å²) in [6.07, 6.45) is 2.93. The number of hydrogen-bond donors (Lipinski definition) is 1. The number of hydrogen-bond acceptors (Lipinski definition) is 3. The Morgan fingerprint density at radius 2 is 2.36 bits per heavy atom. The van der Waals surface area contributed by atoms with Crippen LogP contribution in [0.1, 0.15) is 12.5 Å². The molecule has 1 N–H and O–H groups in total. The van der Waals surface area contributed by atoms with E-state index in [4.69, 9.17) is 9.84 Å². The van der Waals surface area contributed by atoms with Gasteiger partial charge in [0.15, 0.2) is 0 Å². The lowest BCUT2D eigenvalue weighted by Crippen LogP contribution is -1.98. The summed E-state index contributed by atoms with van der Waals surface area (Å²) >= 11 is 0. The summed E-state index contributed by atoms with van der Waals surface area (Å²) in [5.41, 5.74) is 0.762. The van der Waals surface area contributed by atoms with E-state index in [1.54, 1.807) is 37.3 Å². The monoisotopic (exact) mass is 192 g/mol. The standard InChI is InChI=1S/C11H12O3/c1-2-14-11(13)7-6-9-4-3-5-10(12)8-9/h3-8,12H,2H2,1H3. The number of esters is 1. The van der Waals surface area contributed by atoms with Crippen molar-refractivity contribution in [3.05, 3.63) is 35.9 Å². The number of benzene rings is 1. The van der Waals surface area contributed by atoms with Gasteiger partial charge in [-0.2, -0.15) is 0 Å². The zero-order chi connectivity index (χ0) is 10.4. The molecule has 0 amide bonds. The molecule has 1 aromatic rings. The molecule has 3 heteroatoms. The van der Waals surface area contributed by atoms with Crippen LogP contribution in [0, 0.1) is 0 Å². The van der Waals surface area contributed by atoms with Crippen LogP contribution in [-0.2, 0) is 9.53 Å². The Kier molecular flexibility index (Phi) is 3.73. The molecule has 0 aliphatic carbocycles. The first kappa shape index (κ1) is 10.3. The van der Waals surface area contributed by atoms with E-state index >= 15 is 0 Å². The lowest BCUT2D eigenvalue weighted by Gasteiger charge is -1.96. The van der Waals surface area contributed by atoms with Crippen LogP contribution < -0.4 is 0 Å². The first-order valence-corrected chi connectivity index (χ1v) is 4.36. The third kappa shape index (κ3) is 3.31. The summed E-state index contributed by atoms with van der Waals surface area (Å²) in [5.74, 6) is -0.202. The number of phenols is 1. The van der Waals surface area contributed by atoms with Gasteiger partial charge in [0.05, 0.1) is 6.61 Å². The van der Waals surface area contributed by atoms with Crippen molar-refractivity contribution in [2.45, 2.75) is 6.92 Å². The van der Waals surface area contributed by atoms with Crippen LogP contribution in [0.4, 0.5) is 0 Å². The van der Waals surface area contributed by atoms with Gasteiger partial charge >= 0.3 is 5.97 Å². The molecule has 0 saturated carbocycles. The second kappa shape index (κ2) is 5.07. The second-order valence-electron chi connectivity index (χ2n) is 2.68. The van der Waals surface area contributed by atoms with Crippen LogP contribution in [-0.4, -0.2) is 17.7 Å². The number of ether oxygens (including phenoxy) is 1. The Hall–Kier alpha value is -1.77. The number of carbonyl (C=O) groups is 1. The highest BCUT2D eigenvalue weighted by atomic mass is 16.5. The van der Waals surface area contributed by atoms with Gasteiger partial charge in [0, 0.05) is 6.08 Å². The third-order valence-electron chi connectivity index (χ3n) is 1.57. The highest BCUT2D eigenvalue weighted by molar-refractivity contribution is 5.87. The summed E-state index contributed by atoms with van der Waals surface area (Å²) in [4.78, 5) is 10.9. The second-order valence-corrected chi connectivity index (χ2v) is 2.68. The summed E-state index contributed by atoms with van der Waals surface area (Å²) in [5, 5.41) is 9.13. The molecule has 0 aromatic heterocycles. The average molecular weight is 192 g/mol. The zero-order valence-electron chi connectivity index (χ0n) is 7.93. The number of rotatable bonds is 3. The topological polar surface area (TPSA) is 46.5 Å². The maximum atomic E-state index is 10.9. The molecule has 0 radical (unpaired) electrons. The first-order chi connectivity index (χ1) is 6.72. The highest BCUT2D eigenvalue weighted by Crippen LogP contribution is 2.11. The van der Waals surface area contributed by atoms with Crippen molar-refractivity contribution >= 4 is 12.0 Å². The van der Waals surface area contributed by atoms with Gasteiger partial charge in [-0.15, -0.1) is 0 Å². The molecule has 0 atom stereocenters. The lowest BCUT2D eigenvalue weighted by atomic mass is 10.2. The first-order valence-electron chi connectivity index (χ1n) is 4.36. The van der Waals surface area contributed by atoms with Crippen molar-refractivity contribution in [3.63, 3.8) is 0 Å². The predicted molar refractivity (Wildman–Crippen MR) is 53.8 cm³/mol. The van der Waals surface area contributed by atoms with E-state index in [-0.39, 0.29) is 11.7 Å². The number of carbonyl (C=O) groups excluding carboxylic acids is 1. The van der Waals surface area contributed by atoms with Gasteiger partial charge in [-0.3, -0.25) is 0 Å². The maximum Gasteiger partial charge on any atom is 0.330 e. The highest BCUT2D eigenvalue weighted by Gasteiger charge is 1.94. The van der Waals surface area contributed by atoms with E-state index in [0.717, 1.165) is 5.56 Å². The van der Waals surface area contributed by atoms with Gasteiger partial charge in [0.2, 0.25) is 0 Å². The fourth-order valence-electron chi connectivity index (χ4n) is 0.983. The molecule has 0 spiro atoms. The van der Waals surface area contributed by atoms with Crippen molar-refractivity contribution in [1.29, 1.82) is 0 Å². The largest absolute Gasteiger partial charge is 0.508 e. The Balaban J connectivity index is 2.64. The fourth-order valence-corrected chi connectivity index (χ4v) is 0.983. The number of phenolic OH excluding ortho intramolecular Hbond substituents is 1.